The highest BCUT2D eigenvalue weighted by Crippen LogP contribution is 2.42. The fraction of sp³-hybridized carbons (Fsp3) is 0.294. The van der Waals surface area contributed by atoms with Crippen molar-refractivity contribution < 1.29 is 4.39 Å². The molecule has 1 fully saturated rings. The van der Waals surface area contributed by atoms with Gasteiger partial charge in [-0.3, -0.25) is 0 Å². The molecule has 2 aromatic rings. The van der Waals surface area contributed by atoms with Crippen molar-refractivity contribution in [3.05, 3.63) is 69.5 Å². The summed E-state index contributed by atoms with van der Waals surface area (Å²) in [6.07, 6.45) is 0.960. The van der Waals surface area contributed by atoms with Gasteiger partial charge in [-0.1, -0.05) is 47.5 Å². The highest BCUT2D eigenvalue weighted by Gasteiger charge is 2.30. The Balaban J connectivity index is 2.00. The Morgan fingerprint density at radius 3 is 2.48 bits per heavy atom. The first-order valence-corrected chi connectivity index (χ1v) is 7.82. The van der Waals surface area contributed by atoms with E-state index in [2.05, 4.69) is 11.4 Å². The van der Waals surface area contributed by atoms with Crippen LogP contribution in [-0.2, 0) is 0 Å². The number of hydrogen-bond donors (Lipinski definition) is 1. The Morgan fingerprint density at radius 2 is 1.71 bits per heavy atom. The van der Waals surface area contributed by atoms with E-state index in [0.717, 1.165) is 35.7 Å². The molecular formula is C17H16Cl2FN. The third kappa shape index (κ3) is 3.08. The number of nitrogens with one attached hydrogen (secondary N) is 1. The molecule has 2 atom stereocenters. The fourth-order valence-electron chi connectivity index (χ4n) is 3.14. The summed E-state index contributed by atoms with van der Waals surface area (Å²) >= 11 is 12.6. The van der Waals surface area contributed by atoms with Gasteiger partial charge in [-0.05, 0) is 48.2 Å². The van der Waals surface area contributed by atoms with Crippen LogP contribution in [0.1, 0.15) is 29.4 Å². The lowest BCUT2D eigenvalue weighted by Crippen LogP contribution is -2.34. The molecule has 0 spiro atoms. The molecule has 1 nitrogen and oxygen atoms in total. The van der Waals surface area contributed by atoms with Gasteiger partial charge in [0.05, 0.1) is 0 Å². The van der Waals surface area contributed by atoms with E-state index in [1.807, 2.05) is 18.2 Å². The molecule has 2 unspecified atom stereocenters. The maximum atomic E-state index is 13.3. The Morgan fingerprint density at radius 1 is 0.952 bits per heavy atom. The van der Waals surface area contributed by atoms with Crippen LogP contribution in [-0.4, -0.2) is 13.1 Å². The highest BCUT2D eigenvalue weighted by molar-refractivity contribution is 6.32. The standard InChI is InChI=1S/C17H16Cl2FN/c18-16-4-2-1-3-13(16)15-10-21-8-7-12(15)14-6-5-11(20)9-17(14)19/h1-6,9,12,15,21H,7-8,10H2. The third-order valence-corrected chi connectivity index (χ3v) is 4.82. The van der Waals surface area contributed by atoms with Crippen LogP contribution in [0.15, 0.2) is 42.5 Å². The van der Waals surface area contributed by atoms with Gasteiger partial charge in [0.1, 0.15) is 5.82 Å². The molecule has 1 N–H and O–H groups in total. The van der Waals surface area contributed by atoms with Crippen molar-refractivity contribution in [1.29, 1.82) is 0 Å². The molecule has 0 bridgehead atoms. The van der Waals surface area contributed by atoms with Crippen LogP contribution in [0.2, 0.25) is 10.0 Å². The highest BCUT2D eigenvalue weighted by atomic mass is 35.5. The fourth-order valence-corrected chi connectivity index (χ4v) is 3.72. The van der Waals surface area contributed by atoms with Crippen LogP contribution in [0.4, 0.5) is 4.39 Å². The number of halogens is 3. The summed E-state index contributed by atoms with van der Waals surface area (Å²) in [4.78, 5) is 0. The topological polar surface area (TPSA) is 12.0 Å². The van der Waals surface area contributed by atoms with Crippen molar-refractivity contribution in [3.63, 3.8) is 0 Å². The molecule has 110 valence electrons. The Kier molecular flexibility index (Phi) is 4.48. The summed E-state index contributed by atoms with van der Waals surface area (Å²) in [6.45, 7) is 1.78. The first kappa shape index (κ1) is 14.8. The Bertz CT molecular complexity index is 644. The van der Waals surface area contributed by atoms with Crippen molar-refractivity contribution in [3.8, 4) is 0 Å². The molecule has 2 aromatic carbocycles. The summed E-state index contributed by atoms with van der Waals surface area (Å²) in [6, 6.07) is 12.6. The maximum absolute atomic E-state index is 13.3. The van der Waals surface area contributed by atoms with Gasteiger partial charge in [-0.25, -0.2) is 4.39 Å². The lowest BCUT2D eigenvalue weighted by molar-refractivity contribution is 0.404. The second-order valence-corrected chi connectivity index (χ2v) is 6.21. The molecule has 1 heterocycles. The summed E-state index contributed by atoms with van der Waals surface area (Å²) in [5, 5.41) is 4.69. The van der Waals surface area contributed by atoms with Crippen LogP contribution in [0.25, 0.3) is 0 Å². The average molecular weight is 324 g/mol. The predicted molar refractivity (Wildman–Crippen MR) is 85.8 cm³/mol. The van der Waals surface area contributed by atoms with Gasteiger partial charge >= 0.3 is 0 Å². The van der Waals surface area contributed by atoms with E-state index in [9.17, 15) is 4.39 Å². The molecule has 0 saturated carbocycles. The smallest absolute Gasteiger partial charge is 0.124 e. The van der Waals surface area contributed by atoms with Gasteiger partial charge in [-0.15, -0.1) is 0 Å². The zero-order valence-corrected chi connectivity index (χ0v) is 13.0. The lowest BCUT2D eigenvalue weighted by Gasteiger charge is -2.34. The van der Waals surface area contributed by atoms with Crippen molar-refractivity contribution in [1.82, 2.24) is 5.32 Å². The van der Waals surface area contributed by atoms with Crippen LogP contribution in [0.3, 0.4) is 0 Å². The number of piperidine rings is 1. The van der Waals surface area contributed by atoms with E-state index < -0.39 is 0 Å². The van der Waals surface area contributed by atoms with E-state index in [1.165, 1.54) is 12.1 Å². The summed E-state index contributed by atoms with van der Waals surface area (Å²) < 4.78 is 13.3. The largest absolute Gasteiger partial charge is 0.316 e. The zero-order valence-electron chi connectivity index (χ0n) is 11.5. The van der Waals surface area contributed by atoms with Crippen LogP contribution < -0.4 is 5.32 Å². The molecule has 0 aromatic heterocycles. The molecule has 0 amide bonds. The molecule has 1 aliphatic rings. The van der Waals surface area contributed by atoms with Gasteiger partial charge < -0.3 is 5.32 Å². The predicted octanol–water partition coefficient (Wildman–Crippen LogP) is 4.99. The molecule has 1 saturated heterocycles. The summed E-state index contributed by atoms with van der Waals surface area (Å²) in [5.41, 5.74) is 2.13. The average Bonchev–Trinajstić information content (AvgIpc) is 2.48. The van der Waals surface area contributed by atoms with E-state index in [-0.39, 0.29) is 17.7 Å². The third-order valence-electron chi connectivity index (χ3n) is 4.15. The molecular weight excluding hydrogens is 308 g/mol. The lowest BCUT2D eigenvalue weighted by atomic mass is 9.77. The second-order valence-electron chi connectivity index (χ2n) is 5.39. The van der Waals surface area contributed by atoms with Crippen molar-refractivity contribution in [2.24, 2.45) is 0 Å². The van der Waals surface area contributed by atoms with Crippen LogP contribution >= 0.6 is 23.2 Å². The van der Waals surface area contributed by atoms with Gasteiger partial charge in [0.2, 0.25) is 0 Å². The number of hydrogen-bond acceptors (Lipinski definition) is 1. The maximum Gasteiger partial charge on any atom is 0.124 e. The zero-order chi connectivity index (χ0) is 14.8. The quantitative estimate of drug-likeness (QED) is 0.820. The minimum absolute atomic E-state index is 0.246. The molecule has 0 aliphatic carbocycles. The summed E-state index contributed by atoms with van der Waals surface area (Å²) in [7, 11) is 0. The molecule has 0 radical (unpaired) electrons. The Labute approximate surface area is 134 Å². The summed E-state index contributed by atoms with van der Waals surface area (Å²) in [5.74, 6) is 0.196. The first-order chi connectivity index (χ1) is 10.2. The SMILES string of the molecule is Fc1ccc(C2CCNCC2c2ccccc2Cl)c(Cl)c1. The van der Waals surface area contributed by atoms with Crippen molar-refractivity contribution in [2.45, 2.75) is 18.3 Å². The minimum Gasteiger partial charge on any atom is -0.316 e. The monoisotopic (exact) mass is 323 g/mol. The van der Waals surface area contributed by atoms with Crippen LogP contribution in [0, 0.1) is 5.82 Å². The van der Waals surface area contributed by atoms with Gasteiger partial charge in [0.15, 0.2) is 0 Å². The van der Waals surface area contributed by atoms with E-state index >= 15 is 0 Å². The van der Waals surface area contributed by atoms with Gasteiger partial charge in [-0.2, -0.15) is 0 Å². The second kappa shape index (κ2) is 6.35. The number of rotatable bonds is 2. The minimum atomic E-state index is -0.299. The molecule has 4 heteroatoms. The van der Waals surface area contributed by atoms with E-state index in [4.69, 9.17) is 23.2 Å². The normalized spacial score (nSPS) is 22.2. The van der Waals surface area contributed by atoms with E-state index in [1.54, 1.807) is 6.07 Å². The first-order valence-electron chi connectivity index (χ1n) is 7.07. The van der Waals surface area contributed by atoms with Crippen molar-refractivity contribution >= 4 is 23.2 Å². The van der Waals surface area contributed by atoms with Gasteiger partial charge in [0, 0.05) is 22.5 Å². The number of benzene rings is 2. The molecule has 21 heavy (non-hydrogen) atoms. The Hall–Kier alpha value is -1.09. The molecule has 1 aliphatic heterocycles. The van der Waals surface area contributed by atoms with E-state index in [0.29, 0.717) is 5.02 Å². The van der Waals surface area contributed by atoms with Crippen molar-refractivity contribution in [2.75, 3.05) is 13.1 Å². The van der Waals surface area contributed by atoms with Crippen LogP contribution in [0.5, 0.6) is 0 Å². The van der Waals surface area contributed by atoms with Gasteiger partial charge in [0.25, 0.3) is 0 Å². The molecule has 3 rings (SSSR count).